The molecule has 0 fully saturated rings. The molecule has 0 aliphatic rings. The summed E-state index contributed by atoms with van der Waals surface area (Å²) in [5, 5.41) is 5.03. The Morgan fingerprint density at radius 3 is 2.34 bits per heavy atom. The summed E-state index contributed by atoms with van der Waals surface area (Å²) in [6.07, 6.45) is 0.691. The van der Waals surface area contributed by atoms with Gasteiger partial charge < -0.3 is 4.74 Å². The Labute approximate surface area is 186 Å². The normalized spacial score (nSPS) is 11.2. The van der Waals surface area contributed by atoms with Gasteiger partial charge in [0.25, 0.3) is 17.4 Å². The Morgan fingerprint density at radius 1 is 1.00 bits per heavy atom. The summed E-state index contributed by atoms with van der Waals surface area (Å²) < 4.78 is 6.95. The van der Waals surface area contributed by atoms with Crippen LogP contribution in [-0.4, -0.2) is 28.2 Å². The minimum atomic E-state index is -0.616. The molecule has 0 aliphatic carbocycles. The van der Waals surface area contributed by atoms with E-state index in [1.54, 1.807) is 30.3 Å². The molecule has 2 N–H and O–H groups in total. The van der Waals surface area contributed by atoms with Gasteiger partial charge in [-0.15, -0.1) is 0 Å². The molecule has 1 heterocycles. The largest absolute Gasteiger partial charge is 0.483 e. The third-order valence-electron chi connectivity index (χ3n) is 4.89. The number of aromatic nitrogens is 2. The van der Waals surface area contributed by atoms with Crippen LogP contribution in [0.1, 0.15) is 50.2 Å². The van der Waals surface area contributed by atoms with Gasteiger partial charge in [0.05, 0.1) is 5.39 Å². The van der Waals surface area contributed by atoms with Gasteiger partial charge in [0.1, 0.15) is 5.75 Å². The smallest absolute Gasteiger partial charge is 0.290 e. The molecule has 168 valence electrons. The second kappa shape index (κ2) is 9.64. The van der Waals surface area contributed by atoms with Crippen LogP contribution >= 0.6 is 0 Å². The number of benzene rings is 2. The predicted octanol–water partition coefficient (Wildman–Crippen LogP) is 2.94. The van der Waals surface area contributed by atoms with Crippen LogP contribution in [0.15, 0.2) is 53.3 Å². The quantitative estimate of drug-likeness (QED) is 0.579. The topological polar surface area (TPSA) is 102 Å². The van der Waals surface area contributed by atoms with E-state index in [1.165, 1.54) is 4.68 Å². The Morgan fingerprint density at radius 2 is 1.66 bits per heavy atom. The Balaban J connectivity index is 1.70. The molecule has 3 rings (SSSR count). The first-order valence-corrected chi connectivity index (χ1v) is 10.5. The monoisotopic (exact) mass is 436 g/mol. The minimum absolute atomic E-state index is 0.0629. The number of nitrogens with one attached hydrogen (secondary N) is 2. The average Bonchev–Trinajstić information content (AvgIpc) is 2.77. The number of para-hydroxylation sites is 1. The molecule has 0 unspecified atom stereocenters. The molecule has 0 bridgehead atoms. The highest BCUT2D eigenvalue weighted by Crippen LogP contribution is 2.30. The van der Waals surface area contributed by atoms with E-state index in [0.717, 1.165) is 5.56 Å². The molecule has 2 aromatic carbocycles. The SMILES string of the molecule is CCCn1nc(C(=O)NNC(=O)COc2ccccc2C(C)(C)C)c2ccccc2c1=O. The van der Waals surface area contributed by atoms with Gasteiger partial charge in [-0.2, -0.15) is 5.10 Å². The molecule has 1 aromatic heterocycles. The lowest BCUT2D eigenvalue weighted by atomic mass is 9.86. The number of aryl methyl sites for hydroxylation is 1. The number of carbonyl (C=O) groups is 2. The van der Waals surface area contributed by atoms with E-state index in [-0.39, 0.29) is 23.3 Å². The van der Waals surface area contributed by atoms with Crippen molar-refractivity contribution in [3.63, 3.8) is 0 Å². The zero-order chi connectivity index (χ0) is 23.3. The molecule has 0 aliphatic heterocycles. The van der Waals surface area contributed by atoms with Gasteiger partial charge in [0, 0.05) is 11.9 Å². The molecular weight excluding hydrogens is 408 g/mol. The van der Waals surface area contributed by atoms with Gasteiger partial charge in [0.15, 0.2) is 12.3 Å². The first-order valence-electron chi connectivity index (χ1n) is 10.5. The molecule has 0 saturated carbocycles. The molecule has 3 aromatic rings. The van der Waals surface area contributed by atoms with Crippen LogP contribution in [-0.2, 0) is 16.8 Å². The van der Waals surface area contributed by atoms with E-state index in [9.17, 15) is 14.4 Å². The second-order valence-corrected chi connectivity index (χ2v) is 8.46. The van der Waals surface area contributed by atoms with Crippen molar-refractivity contribution in [2.45, 2.75) is 46.1 Å². The van der Waals surface area contributed by atoms with Crippen molar-refractivity contribution in [3.8, 4) is 5.75 Å². The van der Waals surface area contributed by atoms with Crippen LogP contribution in [0.5, 0.6) is 5.75 Å². The number of hydrogen-bond donors (Lipinski definition) is 2. The van der Waals surface area contributed by atoms with Crippen molar-refractivity contribution < 1.29 is 14.3 Å². The van der Waals surface area contributed by atoms with E-state index in [1.807, 2.05) is 25.1 Å². The van der Waals surface area contributed by atoms with Crippen LogP contribution in [0, 0.1) is 0 Å². The minimum Gasteiger partial charge on any atom is -0.483 e. The summed E-state index contributed by atoms with van der Waals surface area (Å²) in [5.74, 6) is -0.525. The van der Waals surface area contributed by atoms with Gasteiger partial charge in [0.2, 0.25) is 0 Å². The van der Waals surface area contributed by atoms with Crippen molar-refractivity contribution in [2.24, 2.45) is 0 Å². The fourth-order valence-corrected chi connectivity index (χ4v) is 3.34. The van der Waals surface area contributed by atoms with Gasteiger partial charge in [-0.05, 0) is 29.5 Å². The van der Waals surface area contributed by atoms with Gasteiger partial charge >= 0.3 is 0 Å². The highest BCUT2D eigenvalue weighted by molar-refractivity contribution is 6.05. The maximum absolute atomic E-state index is 12.7. The fraction of sp³-hybridized carbons (Fsp3) is 0.333. The van der Waals surface area contributed by atoms with Crippen molar-refractivity contribution in [3.05, 3.63) is 70.1 Å². The highest BCUT2D eigenvalue weighted by atomic mass is 16.5. The maximum Gasteiger partial charge on any atom is 0.290 e. The number of nitrogens with zero attached hydrogens (tertiary/aromatic N) is 2. The molecule has 2 amide bonds. The standard InChI is InChI=1S/C24H28N4O4/c1-5-14-28-23(31)17-11-7-6-10-16(17)21(27-28)22(30)26-25-20(29)15-32-19-13-9-8-12-18(19)24(2,3)4/h6-13H,5,14-15H2,1-4H3,(H,25,29)(H,26,30). The van der Waals surface area contributed by atoms with Gasteiger partial charge in [-0.3, -0.25) is 25.2 Å². The summed E-state index contributed by atoms with van der Waals surface area (Å²) in [5.41, 5.74) is 5.36. The van der Waals surface area contributed by atoms with Crippen molar-refractivity contribution in [1.29, 1.82) is 0 Å². The van der Waals surface area contributed by atoms with Crippen LogP contribution in [0.2, 0.25) is 0 Å². The third kappa shape index (κ3) is 5.14. The summed E-state index contributed by atoms with van der Waals surface area (Å²) in [6.45, 7) is 8.22. The summed E-state index contributed by atoms with van der Waals surface area (Å²) in [4.78, 5) is 37.6. The molecule has 0 radical (unpaired) electrons. The zero-order valence-corrected chi connectivity index (χ0v) is 18.8. The van der Waals surface area contributed by atoms with Crippen molar-refractivity contribution in [2.75, 3.05) is 6.61 Å². The van der Waals surface area contributed by atoms with Crippen molar-refractivity contribution in [1.82, 2.24) is 20.6 Å². The molecule has 32 heavy (non-hydrogen) atoms. The Hall–Kier alpha value is -3.68. The van der Waals surface area contributed by atoms with Crippen LogP contribution in [0.3, 0.4) is 0 Å². The molecule has 8 heteroatoms. The van der Waals surface area contributed by atoms with Gasteiger partial charge in [-0.25, -0.2) is 4.68 Å². The Kier molecular flexibility index (Phi) is 6.92. The third-order valence-corrected chi connectivity index (χ3v) is 4.89. The maximum atomic E-state index is 12.7. The molecule has 0 saturated heterocycles. The number of carbonyl (C=O) groups excluding carboxylic acids is 2. The molecule has 0 atom stereocenters. The average molecular weight is 437 g/mol. The lowest BCUT2D eigenvalue weighted by Crippen LogP contribution is -2.44. The highest BCUT2D eigenvalue weighted by Gasteiger charge is 2.20. The number of ether oxygens (including phenoxy) is 1. The summed E-state index contributed by atoms with van der Waals surface area (Å²) >= 11 is 0. The van der Waals surface area contributed by atoms with Crippen LogP contribution < -0.4 is 21.1 Å². The molecular formula is C24H28N4O4. The number of amides is 2. The van der Waals surface area contributed by atoms with Gasteiger partial charge in [-0.1, -0.05) is 64.1 Å². The lowest BCUT2D eigenvalue weighted by molar-refractivity contribution is -0.123. The number of fused-ring (bicyclic) bond motifs is 1. The van der Waals surface area contributed by atoms with Crippen LogP contribution in [0.25, 0.3) is 10.8 Å². The lowest BCUT2D eigenvalue weighted by Gasteiger charge is -2.22. The van der Waals surface area contributed by atoms with E-state index in [0.29, 0.717) is 29.5 Å². The Bertz CT molecular complexity index is 1190. The zero-order valence-electron chi connectivity index (χ0n) is 18.8. The first-order chi connectivity index (χ1) is 15.2. The number of hydrogen-bond acceptors (Lipinski definition) is 5. The van der Waals surface area contributed by atoms with E-state index in [4.69, 9.17) is 4.74 Å². The molecule has 8 nitrogen and oxygen atoms in total. The first kappa shape index (κ1) is 23.0. The summed E-state index contributed by atoms with van der Waals surface area (Å²) in [6, 6.07) is 14.3. The van der Waals surface area contributed by atoms with Crippen molar-refractivity contribution >= 4 is 22.6 Å². The fourth-order valence-electron chi connectivity index (χ4n) is 3.34. The number of rotatable bonds is 6. The predicted molar refractivity (Wildman–Crippen MR) is 123 cm³/mol. The summed E-state index contributed by atoms with van der Waals surface area (Å²) in [7, 11) is 0. The van der Waals surface area contributed by atoms with E-state index < -0.39 is 11.8 Å². The van der Waals surface area contributed by atoms with Crippen LogP contribution in [0.4, 0.5) is 0 Å². The van der Waals surface area contributed by atoms with E-state index in [2.05, 4.69) is 36.7 Å². The number of hydrazine groups is 1. The second-order valence-electron chi connectivity index (χ2n) is 8.46. The van der Waals surface area contributed by atoms with E-state index >= 15 is 0 Å². The molecule has 0 spiro atoms.